The first-order valence-corrected chi connectivity index (χ1v) is 17.3. The molecule has 3 heteroatoms. The van der Waals surface area contributed by atoms with Crippen molar-refractivity contribution in [1.29, 1.82) is 0 Å². The third-order valence-electron chi connectivity index (χ3n) is 9.60. The maximum Gasteiger partial charge on any atom is 0.136 e. The molecule has 0 fully saturated rings. The number of benzene rings is 8. The predicted molar refractivity (Wildman–Crippen MR) is 210 cm³/mol. The van der Waals surface area contributed by atoms with Crippen LogP contribution in [0, 0.1) is 0 Å². The van der Waals surface area contributed by atoms with Gasteiger partial charge >= 0.3 is 0 Å². The van der Waals surface area contributed by atoms with Gasteiger partial charge in [-0.3, -0.25) is 0 Å². The van der Waals surface area contributed by atoms with E-state index in [4.69, 9.17) is 5.79 Å². The number of fused-ring (bicyclic) bond motifs is 7. The standard InChI is InChI=1S/C46H29NOS/c1-2-12-35-30(10-1)11-7-15-36(35)31-22-26-33(27-23-31)47(41-18-8-17-39-38-13-4-6-21-44(38)49-46(39)41)34-28-24-32(25-29-34)37-16-9-20-43-45(37)40-14-3-5-19-42(40)48-43/h1-29H/i17D. The van der Waals surface area contributed by atoms with E-state index in [-0.39, 0.29) is 0 Å². The van der Waals surface area contributed by atoms with Gasteiger partial charge in [0.1, 0.15) is 11.2 Å². The Morgan fingerprint density at radius 1 is 0.469 bits per heavy atom. The fourth-order valence-corrected chi connectivity index (χ4v) is 8.51. The van der Waals surface area contributed by atoms with Crippen molar-refractivity contribution in [3.8, 4) is 22.3 Å². The molecule has 8 aromatic carbocycles. The van der Waals surface area contributed by atoms with E-state index in [2.05, 4.69) is 150 Å². The van der Waals surface area contributed by atoms with Crippen molar-refractivity contribution in [2.75, 3.05) is 4.90 Å². The van der Waals surface area contributed by atoms with Crippen LogP contribution in [-0.2, 0) is 0 Å². The van der Waals surface area contributed by atoms with Gasteiger partial charge in [-0.05, 0) is 81.6 Å². The second-order valence-corrected chi connectivity index (χ2v) is 13.5. The summed E-state index contributed by atoms with van der Waals surface area (Å²) >= 11 is 1.75. The monoisotopic (exact) mass is 644 g/mol. The highest BCUT2D eigenvalue weighted by Crippen LogP contribution is 2.46. The lowest BCUT2D eigenvalue weighted by molar-refractivity contribution is 0.669. The molecule has 10 rings (SSSR count). The lowest BCUT2D eigenvalue weighted by atomic mass is 9.97. The molecule has 10 aromatic rings. The van der Waals surface area contributed by atoms with E-state index in [9.17, 15) is 0 Å². The maximum absolute atomic E-state index is 8.91. The maximum atomic E-state index is 8.91. The minimum absolute atomic E-state index is 0.545. The lowest BCUT2D eigenvalue weighted by Gasteiger charge is -2.26. The molecule has 0 aliphatic heterocycles. The van der Waals surface area contributed by atoms with Gasteiger partial charge < -0.3 is 9.32 Å². The summed E-state index contributed by atoms with van der Waals surface area (Å²) in [4.78, 5) is 2.33. The van der Waals surface area contributed by atoms with Gasteiger partial charge in [0.15, 0.2) is 0 Å². The molecule has 0 spiro atoms. The molecular weight excluding hydrogens is 615 g/mol. The van der Waals surface area contributed by atoms with Crippen molar-refractivity contribution in [1.82, 2.24) is 0 Å². The molecule has 0 bridgehead atoms. The van der Waals surface area contributed by atoms with E-state index in [1.807, 2.05) is 24.3 Å². The third kappa shape index (κ3) is 4.55. The molecule has 0 radical (unpaired) electrons. The Morgan fingerprint density at radius 2 is 1.08 bits per heavy atom. The Hall–Kier alpha value is -6.16. The van der Waals surface area contributed by atoms with Crippen LogP contribution in [0.1, 0.15) is 1.37 Å². The molecule has 2 aromatic heterocycles. The second kappa shape index (κ2) is 11.2. The lowest BCUT2D eigenvalue weighted by Crippen LogP contribution is -2.10. The van der Waals surface area contributed by atoms with Crippen LogP contribution in [0.4, 0.5) is 17.1 Å². The Morgan fingerprint density at radius 3 is 1.90 bits per heavy atom. The third-order valence-corrected chi connectivity index (χ3v) is 10.8. The number of nitrogens with zero attached hydrogens (tertiary/aromatic N) is 1. The van der Waals surface area contributed by atoms with Crippen molar-refractivity contribution in [3.05, 3.63) is 176 Å². The molecule has 0 atom stereocenters. The molecule has 230 valence electrons. The Kier molecular flexibility index (Phi) is 6.15. The average molecular weight is 645 g/mol. The number of para-hydroxylation sites is 1. The average Bonchev–Trinajstić information content (AvgIpc) is 3.76. The van der Waals surface area contributed by atoms with Crippen LogP contribution in [0.15, 0.2) is 180 Å². The summed E-state index contributed by atoms with van der Waals surface area (Å²) in [6, 6.07) is 60.3. The second-order valence-electron chi connectivity index (χ2n) is 12.4. The van der Waals surface area contributed by atoms with Gasteiger partial charge in [-0.15, -0.1) is 11.3 Å². The number of thiophene rings is 1. The Balaban J connectivity index is 1.14. The Bertz CT molecular complexity index is 2880. The van der Waals surface area contributed by atoms with Crippen molar-refractivity contribution in [2.24, 2.45) is 0 Å². The molecule has 0 saturated heterocycles. The van der Waals surface area contributed by atoms with Crippen LogP contribution in [0.3, 0.4) is 0 Å². The van der Waals surface area contributed by atoms with Gasteiger partial charge in [-0.1, -0.05) is 127 Å². The zero-order valence-electron chi connectivity index (χ0n) is 27.4. The first-order valence-electron chi connectivity index (χ1n) is 17.0. The van der Waals surface area contributed by atoms with Crippen molar-refractivity contribution >= 4 is 81.3 Å². The van der Waals surface area contributed by atoms with Gasteiger partial charge in [0, 0.05) is 37.6 Å². The summed E-state index contributed by atoms with van der Waals surface area (Å²) in [5.41, 5.74) is 9.63. The first-order chi connectivity index (χ1) is 24.7. The molecule has 49 heavy (non-hydrogen) atoms. The zero-order chi connectivity index (χ0) is 33.2. The highest BCUT2D eigenvalue weighted by atomic mass is 32.1. The summed E-state index contributed by atoms with van der Waals surface area (Å²) in [5, 5.41) is 6.86. The summed E-state index contributed by atoms with van der Waals surface area (Å²) in [7, 11) is 0. The summed E-state index contributed by atoms with van der Waals surface area (Å²) in [6.45, 7) is 0. The fourth-order valence-electron chi connectivity index (χ4n) is 7.32. The van der Waals surface area contributed by atoms with E-state index in [1.54, 1.807) is 11.3 Å². The van der Waals surface area contributed by atoms with E-state index < -0.39 is 0 Å². The van der Waals surface area contributed by atoms with Gasteiger partial charge in [0.2, 0.25) is 0 Å². The van der Waals surface area contributed by atoms with Crippen LogP contribution in [-0.4, -0.2) is 0 Å². The molecular formula is C46H29NOS. The normalized spacial score (nSPS) is 12.0. The zero-order valence-corrected chi connectivity index (χ0v) is 27.2. The first kappa shape index (κ1) is 26.9. The number of rotatable bonds is 5. The van der Waals surface area contributed by atoms with Crippen LogP contribution in [0.2, 0.25) is 0 Å². The quantitative estimate of drug-likeness (QED) is 0.185. The van der Waals surface area contributed by atoms with Crippen molar-refractivity contribution in [3.63, 3.8) is 0 Å². The Labute approximate surface area is 289 Å². The van der Waals surface area contributed by atoms with Gasteiger partial charge in [-0.25, -0.2) is 0 Å². The molecule has 0 amide bonds. The molecule has 0 N–H and O–H groups in total. The smallest absolute Gasteiger partial charge is 0.136 e. The van der Waals surface area contributed by atoms with E-state index in [1.165, 1.54) is 26.6 Å². The molecule has 0 aliphatic rings. The van der Waals surface area contributed by atoms with Gasteiger partial charge in [0.05, 0.1) is 11.8 Å². The highest BCUT2D eigenvalue weighted by Gasteiger charge is 2.19. The molecule has 2 nitrogen and oxygen atoms in total. The number of furan rings is 1. The molecule has 2 heterocycles. The minimum Gasteiger partial charge on any atom is -0.456 e. The van der Waals surface area contributed by atoms with E-state index in [0.717, 1.165) is 65.6 Å². The summed E-state index contributed by atoms with van der Waals surface area (Å²) in [6.07, 6.45) is 0. The van der Waals surface area contributed by atoms with E-state index >= 15 is 0 Å². The summed E-state index contributed by atoms with van der Waals surface area (Å²) in [5.74, 6) is 0. The van der Waals surface area contributed by atoms with Crippen molar-refractivity contribution < 1.29 is 5.79 Å². The molecule has 0 unspecified atom stereocenters. The van der Waals surface area contributed by atoms with Crippen LogP contribution in [0.5, 0.6) is 0 Å². The van der Waals surface area contributed by atoms with E-state index in [0.29, 0.717) is 6.04 Å². The topological polar surface area (TPSA) is 16.4 Å². The van der Waals surface area contributed by atoms with Crippen LogP contribution in [0.25, 0.3) is 75.1 Å². The predicted octanol–water partition coefficient (Wildman–Crippen LogP) is 13.9. The van der Waals surface area contributed by atoms with Crippen molar-refractivity contribution in [2.45, 2.75) is 0 Å². The molecule has 0 aliphatic carbocycles. The number of hydrogen-bond donors (Lipinski definition) is 0. The number of hydrogen-bond acceptors (Lipinski definition) is 3. The van der Waals surface area contributed by atoms with Gasteiger partial charge in [-0.2, -0.15) is 0 Å². The number of anilines is 3. The van der Waals surface area contributed by atoms with Crippen LogP contribution < -0.4 is 4.90 Å². The summed E-state index contributed by atoms with van der Waals surface area (Å²) < 4.78 is 17.4. The largest absolute Gasteiger partial charge is 0.456 e. The highest BCUT2D eigenvalue weighted by molar-refractivity contribution is 7.26. The minimum atomic E-state index is 0.545. The molecule has 0 saturated carbocycles. The van der Waals surface area contributed by atoms with Crippen LogP contribution >= 0.6 is 11.3 Å². The SMILES string of the molecule is [2H]c1ccc(N(c2ccc(-c3cccc4ccccc34)cc2)c2ccc(-c3cccc4oc5ccccc5c34)cc2)c2sc3ccccc3c12. The fraction of sp³-hybridized carbons (Fsp3) is 0. The van der Waals surface area contributed by atoms with Gasteiger partial charge in [0.25, 0.3) is 0 Å².